The van der Waals surface area contributed by atoms with Gasteiger partial charge in [0.15, 0.2) is 0 Å². The van der Waals surface area contributed by atoms with Gasteiger partial charge < -0.3 is 10.1 Å². The lowest BCUT2D eigenvalue weighted by molar-refractivity contribution is -0.113. The van der Waals surface area contributed by atoms with Gasteiger partial charge >= 0.3 is 5.97 Å². The molecule has 0 aliphatic heterocycles. The molecule has 1 aliphatic rings. The van der Waals surface area contributed by atoms with Crippen LogP contribution in [0, 0.1) is 5.82 Å². The monoisotopic (exact) mass is 379 g/mol. The zero-order valence-electron chi connectivity index (χ0n) is 13.8. The van der Waals surface area contributed by atoms with Gasteiger partial charge in [-0.15, -0.1) is 23.1 Å². The molecular formula is C18H18FNO3S2. The van der Waals surface area contributed by atoms with Crippen LogP contribution in [0.15, 0.2) is 29.2 Å². The molecule has 1 aromatic carbocycles. The minimum atomic E-state index is -0.402. The van der Waals surface area contributed by atoms with E-state index < -0.39 is 5.97 Å². The third-order valence-electron chi connectivity index (χ3n) is 4.00. The minimum Gasteiger partial charge on any atom is -0.465 e. The summed E-state index contributed by atoms with van der Waals surface area (Å²) in [7, 11) is 1.35. The van der Waals surface area contributed by atoms with Crippen LogP contribution < -0.4 is 5.32 Å². The number of carbonyl (C=O) groups is 2. The van der Waals surface area contributed by atoms with Crippen molar-refractivity contribution in [3.05, 3.63) is 46.1 Å². The van der Waals surface area contributed by atoms with Gasteiger partial charge in [0.25, 0.3) is 0 Å². The molecule has 0 atom stereocenters. The highest BCUT2D eigenvalue weighted by Gasteiger charge is 2.26. The van der Waals surface area contributed by atoms with E-state index in [2.05, 4.69) is 5.32 Å². The van der Waals surface area contributed by atoms with Crippen LogP contribution in [-0.4, -0.2) is 24.7 Å². The van der Waals surface area contributed by atoms with Crippen LogP contribution >= 0.6 is 23.1 Å². The van der Waals surface area contributed by atoms with Gasteiger partial charge in [0.2, 0.25) is 5.91 Å². The molecule has 0 radical (unpaired) electrons. The number of thioether (sulfide) groups is 1. The molecule has 3 rings (SSSR count). The van der Waals surface area contributed by atoms with Crippen LogP contribution in [0.3, 0.4) is 0 Å². The van der Waals surface area contributed by atoms with Crippen molar-refractivity contribution >= 4 is 40.0 Å². The fourth-order valence-corrected chi connectivity index (χ4v) is 4.81. The molecule has 1 amide bonds. The molecule has 1 aromatic heterocycles. The average Bonchev–Trinajstić information content (AvgIpc) is 2.98. The number of hydrogen-bond acceptors (Lipinski definition) is 5. The highest BCUT2D eigenvalue weighted by Crippen LogP contribution is 2.38. The predicted octanol–water partition coefficient (Wildman–Crippen LogP) is 4.28. The topological polar surface area (TPSA) is 55.4 Å². The summed E-state index contributed by atoms with van der Waals surface area (Å²) >= 11 is 2.79. The second-order valence-corrected chi connectivity index (χ2v) is 7.85. The number of nitrogens with one attached hydrogen (secondary N) is 1. The van der Waals surface area contributed by atoms with E-state index in [1.165, 1.54) is 42.3 Å². The standard InChI is InChI=1S/C18H18FNO3S2/c1-23-18(22)16-13-4-2-3-5-14(13)25-17(16)20-15(21)10-24-12-8-6-11(19)7-9-12/h6-9H,2-5,10H2,1H3,(H,20,21). The summed E-state index contributed by atoms with van der Waals surface area (Å²) in [5, 5.41) is 3.42. The third kappa shape index (κ3) is 4.22. The first-order chi connectivity index (χ1) is 12.1. The first-order valence-electron chi connectivity index (χ1n) is 7.99. The number of aryl methyl sites for hydroxylation is 1. The number of halogens is 1. The Morgan fingerprint density at radius 1 is 1.24 bits per heavy atom. The molecule has 7 heteroatoms. The number of amides is 1. The van der Waals surface area contributed by atoms with Gasteiger partial charge in [-0.2, -0.15) is 0 Å². The van der Waals surface area contributed by atoms with Crippen molar-refractivity contribution in [1.82, 2.24) is 0 Å². The smallest absolute Gasteiger partial charge is 0.341 e. The summed E-state index contributed by atoms with van der Waals surface area (Å²) in [5.41, 5.74) is 1.52. The predicted molar refractivity (Wildman–Crippen MR) is 98.1 cm³/mol. The van der Waals surface area contributed by atoms with Gasteiger partial charge in [-0.3, -0.25) is 4.79 Å². The molecule has 0 saturated carbocycles. The normalized spacial score (nSPS) is 13.2. The SMILES string of the molecule is COC(=O)c1c(NC(=O)CSc2ccc(F)cc2)sc2c1CCCC2. The van der Waals surface area contributed by atoms with E-state index in [1.54, 1.807) is 12.1 Å². The van der Waals surface area contributed by atoms with E-state index in [4.69, 9.17) is 4.74 Å². The Labute approximate surface area is 153 Å². The summed E-state index contributed by atoms with van der Waals surface area (Å²) in [6.07, 6.45) is 3.92. The molecule has 0 saturated heterocycles. The molecule has 0 fully saturated rings. The van der Waals surface area contributed by atoms with Crippen LogP contribution in [0.5, 0.6) is 0 Å². The van der Waals surface area contributed by atoms with Crippen molar-refractivity contribution in [3.63, 3.8) is 0 Å². The Balaban J connectivity index is 1.71. The lowest BCUT2D eigenvalue weighted by atomic mass is 9.95. The van der Waals surface area contributed by atoms with E-state index in [0.29, 0.717) is 10.6 Å². The fourth-order valence-electron chi connectivity index (χ4n) is 2.81. The van der Waals surface area contributed by atoms with Crippen LogP contribution in [0.25, 0.3) is 0 Å². The van der Waals surface area contributed by atoms with E-state index in [-0.39, 0.29) is 17.5 Å². The van der Waals surface area contributed by atoms with Crippen molar-refractivity contribution in [2.45, 2.75) is 30.6 Å². The summed E-state index contributed by atoms with van der Waals surface area (Å²) in [5.74, 6) is -0.714. The number of thiophene rings is 1. The maximum absolute atomic E-state index is 12.9. The third-order valence-corrected chi connectivity index (χ3v) is 6.22. The van der Waals surface area contributed by atoms with Gasteiger partial charge in [0.1, 0.15) is 10.8 Å². The number of rotatable bonds is 5. The van der Waals surface area contributed by atoms with E-state index >= 15 is 0 Å². The molecule has 132 valence electrons. The molecule has 0 unspecified atom stereocenters. The molecule has 1 heterocycles. The lowest BCUT2D eigenvalue weighted by Gasteiger charge is -2.11. The number of anilines is 1. The molecule has 1 N–H and O–H groups in total. The summed E-state index contributed by atoms with van der Waals surface area (Å²) < 4.78 is 17.8. The number of hydrogen-bond donors (Lipinski definition) is 1. The molecular weight excluding hydrogens is 361 g/mol. The summed E-state index contributed by atoms with van der Waals surface area (Å²) in [4.78, 5) is 26.4. The minimum absolute atomic E-state index is 0.189. The zero-order valence-corrected chi connectivity index (χ0v) is 15.4. The second-order valence-electron chi connectivity index (χ2n) is 5.70. The van der Waals surface area contributed by atoms with E-state index in [9.17, 15) is 14.0 Å². The number of carbonyl (C=O) groups excluding carboxylic acids is 2. The maximum atomic E-state index is 12.9. The Kier molecular flexibility index (Phi) is 5.75. The molecule has 2 aromatic rings. The van der Waals surface area contributed by atoms with Crippen LogP contribution in [0.4, 0.5) is 9.39 Å². The first-order valence-corrected chi connectivity index (χ1v) is 9.79. The molecule has 25 heavy (non-hydrogen) atoms. The Hall–Kier alpha value is -1.86. The second kappa shape index (κ2) is 8.01. The fraction of sp³-hybridized carbons (Fsp3) is 0.333. The number of methoxy groups -OCH3 is 1. The summed E-state index contributed by atoms with van der Waals surface area (Å²) in [6, 6.07) is 6.00. The van der Waals surface area contributed by atoms with Gasteiger partial charge in [-0.25, -0.2) is 9.18 Å². The van der Waals surface area contributed by atoms with E-state index in [1.807, 2.05) is 0 Å². The molecule has 0 bridgehead atoms. The van der Waals surface area contributed by atoms with Crippen molar-refractivity contribution in [3.8, 4) is 0 Å². The van der Waals surface area contributed by atoms with Gasteiger partial charge in [0.05, 0.1) is 18.4 Å². The molecule has 0 spiro atoms. The van der Waals surface area contributed by atoms with Crippen molar-refractivity contribution < 1.29 is 18.7 Å². The Bertz CT molecular complexity index is 786. The van der Waals surface area contributed by atoms with Crippen LogP contribution in [0.2, 0.25) is 0 Å². The number of fused-ring (bicyclic) bond motifs is 1. The maximum Gasteiger partial charge on any atom is 0.341 e. The van der Waals surface area contributed by atoms with Gasteiger partial charge in [0, 0.05) is 9.77 Å². The highest BCUT2D eigenvalue weighted by molar-refractivity contribution is 8.00. The van der Waals surface area contributed by atoms with Crippen molar-refractivity contribution in [2.24, 2.45) is 0 Å². The van der Waals surface area contributed by atoms with E-state index in [0.717, 1.165) is 41.0 Å². The Morgan fingerprint density at radius 3 is 2.68 bits per heavy atom. The first kappa shape index (κ1) is 17.9. The number of esters is 1. The van der Waals surface area contributed by atoms with Gasteiger partial charge in [-0.1, -0.05) is 0 Å². The van der Waals surface area contributed by atoms with Crippen LogP contribution in [-0.2, 0) is 22.4 Å². The highest BCUT2D eigenvalue weighted by atomic mass is 32.2. The summed E-state index contributed by atoms with van der Waals surface area (Å²) in [6.45, 7) is 0. The largest absolute Gasteiger partial charge is 0.465 e. The molecule has 4 nitrogen and oxygen atoms in total. The Morgan fingerprint density at radius 2 is 1.96 bits per heavy atom. The quantitative estimate of drug-likeness (QED) is 0.622. The average molecular weight is 379 g/mol. The van der Waals surface area contributed by atoms with Crippen LogP contribution in [0.1, 0.15) is 33.6 Å². The van der Waals surface area contributed by atoms with Gasteiger partial charge in [-0.05, 0) is 55.5 Å². The lowest BCUT2D eigenvalue weighted by Crippen LogP contribution is -2.16. The number of ether oxygens (including phenoxy) is 1. The molecule has 1 aliphatic carbocycles. The number of benzene rings is 1. The van der Waals surface area contributed by atoms with Crippen molar-refractivity contribution in [2.75, 3.05) is 18.2 Å². The zero-order chi connectivity index (χ0) is 17.8. The van der Waals surface area contributed by atoms with Crippen molar-refractivity contribution in [1.29, 1.82) is 0 Å².